The van der Waals surface area contributed by atoms with Crippen molar-refractivity contribution in [3.8, 4) is 17.2 Å². The van der Waals surface area contributed by atoms with Crippen LogP contribution in [-0.2, 0) is 9.53 Å². The number of esters is 1. The van der Waals surface area contributed by atoms with Crippen LogP contribution < -0.4 is 29.1 Å². The molecule has 0 saturated carbocycles. The van der Waals surface area contributed by atoms with Crippen LogP contribution in [0.2, 0.25) is 0 Å². The van der Waals surface area contributed by atoms with E-state index in [1.807, 2.05) is 30.3 Å². The second-order valence-corrected chi connectivity index (χ2v) is 9.98. The topological polar surface area (TPSA) is 88.4 Å². The zero-order valence-corrected chi connectivity index (χ0v) is 22.1. The van der Waals surface area contributed by atoms with E-state index in [0.717, 1.165) is 14.9 Å². The number of rotatable bonds is 5. The van der Waals surface area contributed by atoms with E-state index >= 15 is 0 Å². The van der Waals surface area contributed by atoms with Crippen molar-refractivity contribution in [2.24, 2.45) is 4.99 Å². The fraction of sp³-hybridized carbons (Fsp3) is 0.240. The second-order valence-electron chi connectivity index (χ2n) is 7.81. The van der Waals surface area contributed by atoms with Crippen molar-refractivity contribution in [1.82, 2.24) is 4.57 Å². The predicted octanol–water partition coefficient (Wildman–Crippen LogP) is 3.14. The minimum absolute atomic E-state index is 0.127. The Kier molecular flexibility index (Phi) is 6.41. The molecule has 5 rings (SSSR count). The van der Waals surface area contributed by atoms with Crippen molar-refractivity contribution in [1.29, 1.82) is 0 Å². The number of hydrogen-bond acceptors (Lipinski definition) is 8. The zero-order valence-electron chi connectivity index (χ0n) is 19.2. The Labute approximate surface area is 218 Å². The summed E-state index contributed by atoms with van der Waals surface area (Å²) in [5.41, 5.74) is 2.16. The van der Waals surface area contributed by atoms with Crippen LogP contribution in [0.1, 0.15) is 31.0 Å². The van der Waals surface area contributed by atoms with Crippen molar-refractivity contribution in [3.63, 3.8) is 0 Å². The Balaban J connectivity index is 1.70. The van der Waals surface area contributed by atoms with Gasteiger partial charge in [0.2, 0.25) is 6.79 Å². The molecule has 0 N–H and O–H groups in total. The SMILES string of the molecule is CCOC(=O)C1=C(C)N=c2s/c(=C\c3ccc(OC)c(I)c3)c(=O)n2[C@@H]1c1ccc2c(c1)OCO2. The zero-order chi connectivity index (χ0) is 24.7. The molecule has 2 aromatic carbocycles. The molecule has 8 nitrogen and oxygen atoms in total. The molecule has 2 aliphatic heterocycles. The molecule has 180 valence electrons. The van der Waals surface area contributed by atoms with Crippen molar-refractivity contribution in [2.75, 3.05) is 20.5 Å². The molecule has 0 fully saturated rings. The number of methoxy groups -OCH3 is 1. The number of hydrogen-bond donors (Lipinski definition) is 0. The van der Waals surface area contributed by atoms with Crippen LogP contribution in [0, 0.1) is 3.57 Å². The lowest BCUT2D eigenvalue weighted by molar-refractivity contribution is -0.139. The highest BCUT2D eigenvalue weighted by Gasteiger charge is 2.34. The number of thiazole rings is 1. The monoisotopic (exact) mass is 604 g/mol. The predicted molar refractivity (Wildman–Crippen MR) is 139 cm³/mol. The molecule has 0 amide bonds. The molecule has 1 atom stereocenters. The number of ether oxygens (including phenoxy) is 4. The number of carbonyl (C=O) groups is 1. The number of benzene rings is 2. The standard InChI is InChI=1S/C25H21IN2O6S/c1-4-32-24(30)21-13(2)27-25-28(22(21)15-6-8-18-19(11-15)34-12-33-18)23(29)20(35-25)10-14-5-7-17(31-3)16(26)9-14/h5-11,22H,4,12H2,1-3H3/b20-10-/t22-/m1/s1. The molecule has 3 heterocycles. The average molecular weight is 604 g/mol. The first-order valence-electron chi connectivity index (χ1n) is 10.8. The second kappa shape index (κ2) is 9.50. The lowest BCUT2D eigenvalue weighted by Crippen LogP contribution is -2.39. The van der Waals surface area contributed by atoms with E-state index in [2.05, 4.69) is 27.6 Å². The average Bonchev–Trinajstić information content (AvgIpc) is 3.42. The van der Waals surface area contributed by atoms with Gasteiger partial charge in [0, 0.05) is 0 Å². The Hall–Kier alpha value is -3.12. The summed E-state index contributed by atoms with van der Waals surface area (Å²) in [7, 11) is 1.62. The van der Waals surface area contributed by atoms with Gasteiger partial charge in [0.05, 0.1) is 39.1 Å². The molecule has 0 aliphatic carbocycles. The summed E-state index contributed by atoms with van der Waals surface area (Å²) >= 11 is 3.48. The Morgan fingerprint density at radius 1 is 1.26 bits per heavy atom. The maximum absolute atomic E-state index is 13.7. The highest BCUT2D eigenvalue weighted by Crippen LogP contribution is 2.38. The van der Waals surface area contributed by atoms with Gasteiger partial charge in [-0.2, -0.15) is 0 Å². The molecule has 0 spiro atoms. The normalized spacial score (nSPS) is 16.7. The van der Waals surface area contributed by atoms with Crippen LogP contribution in [0.4, 0.5) is 0 Å². The molecule has 0 unspecified atom stereocenters. The smallest absolute Gasteiger partial charge is 0.338 e. The summed E-state index contributed by atoms with van der Waals surface area (Å²) in [4.78, 5) is 31.8. The van der Waals surface area contributed by atoms with Crippen LogP contribution in [0.3, 0.4) is 0 Å². The van der Waals surface area contributed by atoms with Gasteiger partial charge in [-0.3, -0.25) is 9.36 Å². The van der Waals surface area contributed by atoms with Gasteiger partial charge in [-0.25, -0.2) is 9.79 Å². The van der Waals surface area contributed by atoms with Gasteiger partial charge in [-0.15, -0.1) is 0 Å². The third-order valence-electron chi connectivity index (χ3n) is 5.70. The summed E-state index contributed by atoms with van der Waals surface area (Å²) in [6.45, 7) is 3.84. The van der Waals surface area contributed by atoms with E-state index in [1.54, 1.807) is 37.7 Å². The molecule has 35 heavy (non-hydrogen) atoms. The van der Waals surface area contributed by atoms with E-state index < -0.39 is 12.0 Å². The first kappa shape index (κ1) is 23.6. The van der Waals surface area contributed by atoms with Gasteiger partial charge in [-0.1, -0.05) is 23.5 Å². The minimum Gasteiger partial charge on any atom is -0.496 e. The van der Waals surface area contributed by atoms with Crippen molar-refractivity contribution in [2.45, 2.75) is 19.9 Å². The molecule has 0 bridgehead atoms. The summed E-state index contributed by atoms with van der Waals surface area (Å²) in [5.74, 6) is 1.45. The van der Waals surface area contributed by atoms with E-state index in [-0.39, 0.29) is 19.0 Å². The summed E-state index contributed by atoms with van der Waals surface area (Å²) in [5, 5.41) is 0. The van der Waals surface area contributed by atoms with Crippen LogP contribution >= 0.6 is 33.9 Å². The first-order valence-corrected chi connectivity index (χ1v) is 12.7. The van der Waals surface area contributed by atoms with Gasteiger partial charge in [-0.05, 0) is 77.9 Å². The quantitative estimate of drug-likeness (QED) is 0.329. The van der Waals surface area contributed by atoms with Crippen molar-refractivity contribution >= 4 is 46.0 Å². The largest absolute Gasteiger partial charge is 0.496 e. The fourth-order valence-electron chi connectivity index (χ4n) is 4.11. The van der Waals surface area contributed by atoms with Crippen LogP contribution in [0.15, 0.2) is 57.5 Å². The van der Waals surface area contributed by atoms with Gasteiger partial charge in [0.25, 0.3) is 5.56 Å². The Bertz CT molecular complexity index is 1550. The summed E-state index contributed by atoms with van der Waals surface area (Å²) < 4.78 is 24.7. The first-order chi connectivity index (χ1) is 16.9. The van der Waals surface area contributed by atoms with Gasteiger partial charge < -0.3 is 18.9 Å². The summed E-state index contributed by atoms with van der Waals surface area (Å²) in [6.07, 6.45) is 1.82. The molecule has 0 saturated heterocycles. The number of fused-ring (bicyclic) bond motifs is 2. The molecule has 10 heteroatoms. The maximum atomic E-state index is 13.7. The van der Waals surface area contributed by atoms with Gasteiger partial charge in [0.15, 0.2) is 16.3 Å². The number of nitrogens with zero attached hydrogens (tertiary/aromatic N) is 2. The van der Waals surface area contributed by atoms with Crippen LogP contribution in [0.25, 0.3) is 6.08 Å². The fourth-order valence-corrected chi connectivity index (χ4v) is 5.92. The van der Waals surface area contributed by atoms with Gasteiger partial charge in [0.1, 0.15) is 5.75 Å². The molecule has 1 aromatic heterocycles. The molecule has 3 aromatic rings. The highest BCUT2D eigenvalue weighted by molar-refractivity contribution is 14.1. The third-order valence-corrected chi connectivity index (χ3v) is 7.53. The van der Waals surface area contributed by atoms with Crippen molar-refractivity contribution < 1.29 is 23.7 Å². The highest BCUT2D eigenvalue weighted by atomic mass is 127. The molecular weight excluding hydrogens is 583 g/mol. The molecular formula is C25H21IN2O6S. The van der Waals surface area contributed by atoms with E-state index in [0.29, 0.717) is 37.7 Å². The van der Waals surface area contributed by atoms with Gasteiger partial charge >= 0.3 is 5.97 Å². The van der Waals surface area contributed by atoms with E-state index in [1.165, 1.54) is 11.3 Å². The van der Waals surface area contributed by atoms with E-state index in [9.17, 15) is 9.59 Å². The lowest BCUT2D eigenvalue weighted by Gasteiger charge is -2.24. The molecule has 2 aliphatic rings. The van der Waals surface area contributed by atoms with Crippen LogP contribution in [-0.4, -0.2) is 31.0 Å². The summed E-state index contributed by atoms with van der Waals surface area (Å²) in [6, 6.07) is 10.4. The Morgan fingerprint density at radius 2 is 2.06 bits per heavy atom. The minimum atomic E-state index is -0.710. The third kappa shape index (κ3) is 4.25. The number of carbonyl (C=O) groups excluding carboxylic acids is 1. The number of halogens is 1. The number of allylic oxidation sites excluding steroid dienone is 1. The van der Waals surface area contributed by atoms with Crippen LogP contribution in [0.5, 0.6) is 17.2 Å². The molecule has 0 radical (unpaired) electrons. The maximum Gasteiger partial charge on any atom is 0.338 e. The van der Waals surface area contributed by atoms with E-state index in [4.69, 9.17) is 18.9 Å². The lowest BCUT2D eigenvalue weighted by atomic mass is 9.95. The van der Waals surface area contributed by atoms with Crippen molar-refractivity contribution in [3.05, 3.63) is 82.1 Å². The number of aromatic nitrogens is 1. The Morgan fingerprint density at radius 3 is 2.80 bits per heavy atom.